The summed E-state index contributed by atoms with van der Waals surface area (Å²) >= 11 is 0. The number of rotatable bonds is 5. The van der Waals surface area contributed by atoms with Crippen molar-refractivity contribution in [3.63, 3.8) is 0 Å². The van der Waals surface area contributed by atoms with E-state index in [9.17, 15) is 21.6 Å². The molecule has 1 N–H and O–H groups in total. The number of nitrogens with one attached hydrogen (secondary N) is 1. The second kappa shape index (κ2) is 10.3. The van der Waals surface area contributed by atoms with E-state index < -0.39 is 37.7 Å². The number of aromatic nitrogens is 2. The van der Waals surface area contributed by atoms with Crippen molar-refractivity contribution in [2.24, 2.45) is 0 Å². The molecule has 1 fully saturated rings. The highest BCUT2D eigenvalue weighted by atomic mass is 32.2. The lowest BCUT2D eigenvalue weighted by Crippen LogP contribution is -2.42. The Morgan fingerprint density at radius 1 is 0.977 bits per heavy atom. The predicted molar refractivity (Wildman–Crippen MR) is 163 cm³/mol. The fraction of sp³-hybridized carbons (Fsp3) is 0.333. The summed E-state index contributed by atoms with van der Waals surface area (Å²) in [6.45, 7) is 6.36. The number of likely N-dealkylation sites (tertiary alicyclic amines) is 1. The van der Waals surface area contributed by atoms with Crippen LogP contribution in [0.15, 0.2) is 82.8 Å². The maximum Gasteiger partial charge on any atom is 0.410 e. The van der Waals surface area contributed by atoms with Crippen LogP contribution >= 0.6 is 0 Å². The Labute approximate surface area is 251 Å². The van der Waals surface area contributed by atoms with Crippen molar-refractivity contribution in [2.45, 2.75) is 54.8 Å². The van der Waals surface area contributed by atoms with Crippen LogP contribution in [0.3, 0.4) is 0 Å². The molecule has 4 heterocycles. The lowest BCUT2D eigenvalue weighted by Gasteiger charge is -2.33. The van der Waals surface area contributed by atoms with Crippen LogP contribution in [-0.4, -0.2) is 67.8 Å². The lowest BCUT2D eigenvalue weighted by molar-refractivity contribution is 0.0292. The molecule has 226 valence electrons. The number of nitrogens with zero attached hydrogens (tertiary/aromatic N) is 4. The predicted octanol–water partition coefficient (Wildman–Crippen LogP) is 4.62. The summed E-state index contributed by atoms with van der Waals surface area (Å²) in [4.78, 5) is 21.7. The quantitative estimate of drug-likeness (QED) is 0.338. The molecule has 2 aromatic heterocycles. The van der Waals surface area contributed by atoms with E-state index in [0.717, 1.165) is 17.5 Å². The van der Waals surface area contributed by atoms with E-state index in [1.807, 2.05) is 20.8 Å². The van der Waals surface area contributed by atoms with Crippen LogP contribution in [0.5, 0.6) is 0 Å². The van der Waals surface area contributed by atoms with Gasteiger partial charge in [-0.25, -0.2) is 30.6 Å². The van der Waals surface area contributed by atoms with Gasteiger partial charge in [0.25, 0.3) is 10.0 Å². The summed E-state index contributed by atoms with van der Waals surface area (Å²) in [5.74, 6) is 0. The van der Waals surface area contributed by atoms with Gasteiger partial charge in [-0.2, -0.15) is 0 Å². The summed E-state index contributed by atoms with van der Waals surface area (Å²) in [5.41, 5.74) is 1.93. The van der Waals surface area contributed by atoms with Crippen molar-refractivity contribution in [2.75, 3.05) is 29.6 Å². The standard InChI is InChI=1S/C30H33N5O6S2/c1-30(2,3)41-29(36)33-16-14-21(19-33)35-26-24-15-17-34(43(39,40)23-8-6-5-7-9-23)28(24)31-18-25(26)32-27(35)20-10-12-22(13-11-20)42(4,37)38/h5-13,15,17-18,21,27,32H,14,16,19H2,1-4H3. The monoisotopic (exact) mass is 623 g/mol. The largest absolute Gasteiger partial charge is 0.444 e. The minimum atomic E-state index is -3.91. The molecule has 2 aliphatic rings. The molecule has 2 atom stereocenters. The molecule has 43 heavy (non-hydrogen) atoms. The van der Waals surface area contributed by atoms with Crippen LogP contribution in [0, 0.1) is 0 Å². The maximum absolute atomic E-state index is 13.6. The Hall–Kier alpha value is -4.10. The van der Waals surface area contributed by atoms with Crippen LogP contribution < -0.4 is 10.2 Å². The van der Waals surface area contributed by atoms with Crippen LogP contribution in [0.1, 0.15) is 38.9 Å². The van der Waals surface area contributed by atoms with E-state index >= 15 is 0 Å². The minimum Gasteiger partial charge on any atom is -0.444 e. The summed E-state index contributed by atoms with van der Waals surface area (Å²) in [6, 6.07) is 16.5. The summed E-state index contributed by atoms with van der Waals surface area (Å²) in [6.07, 6.45) is 4.12. The van der Waals surface area contributed by atoms with Gasteiger partial charge in [0.2, 0.25) is 0 Å². The molecule has 4 aromatic rings. The average molecular weight is 624 g/mol. The van der Waals surface area contributed by atoms with Gasteiger partial charge in [0.15, 0.2) is 15.5 Å². The molecule has 1 amide bonds. The second-order valence-corrected chi connectivity index (χ2v) is 15.7. The molecule has 2 aromatic carbocycles. The molecule has 13 heteroatoms. The van der Waals surface area contributed by atoms with Crippen molar-refractivity contribution >= 4 is 48.4 Å². The fourth-order valence-corrected chi connectivity index (χ4v) is 7.63. The molecule has 2 aliphatic heterocycles. The van der Waals surface area contributed by atoms with Gasteiger partial charge in [-0.1, -0.05) is 30.3 Å². The van der Waals surface area contributed by atoms with Crippen molar-refractivity contribution in [3.05, 3.63) is 78.6 Å². The van der Waals surface area contributed by atoms with E-state index in [4.69, 9.17) is 4.74 Å². The third-order valence-electron chi connectivity index (χ3n) is 7.61. The highest BCUT2D eigenvalue weighted by Crippen LogP contribution is 2.48. The van der Waals surface area contributed by atoms with E-state index in [0.29, 0.717) is 30.6 Å². The molecule has 0 aliphatic carbocycles. The molecule has 11 nitrogen and oxygen atoms in total. The number of ether oxygens (including phenoxy) is 1. The number of carbonyl (C=O) groups excluding carboxylic acids is 1. The van der Waals surface area contributed by atoms with Gasteiger partial charge < -0.3 is 19.9 Å². The molecule has 1 saturated heterocycles. The zero-order valence-corrected chi connectivity index (χ0v) is 25.9. The Bertz CT molecular complexity index is 1920. The molecule has 6 rings (SSSR count). The number of hydrogen-bond acceptors (Lipinski definition) is 9. The molecule has 0 radical (unpaired) electrons. The number of carbonyl (C=O) groups is 1. The number of fused-ring (bicyclic) bond motifs is 3. The van der Waals surface area contributed by atoms with Gasteiger partial charge in [-0.15, -0.1) is 0 Å². The normalized spacial score (nSPS) is 19.0. The number of pyridine rings is 1. The first-order valence-corrected chi connectivity index (χ1v) is 17.2. The number of anilines is 2. The highest BCUT2D eigenvalue weighted by molar-refractivity contribution is 7.90. The van der Waals surface area contributed by atoms with Crippen molar-refractivity contribution in [1.29, 1.82) is 0 Å². The SMILES string of the molecule is CC(C)(C)OC(=O)N1CCC(N2c3c(cnc4c3ccn4S(=O)(=O)c3ccccc3)NC2c2ccc(S(C)(=O)=O)cc2)C1. The smallest absolute Gasteiger partial charge is 0.410 e. The number of amides is 1. The Balaban J connectivity index is 1.44. The van der Waals surface area contributed by atoms with Crippen LogP contribution in [0.2, 0.25) is 0 Å². The first-order valence-electron chi connectivity index (χ1n) is 13.9. The number of benzene rings is 2. The second-order valence-electron chi connectivity index (χ2n) is 11.9. The van der Waals surface area contributed by atoms with Gasteiger partial charge in [-0.3, -0.25) is 0 Å². The third kappa shape index (κ3) is 5.31. The van der Waals surface area contributed by atoms with E-state index in [2.05, 4.69) is 15.2 Å². The summed E-state index contributed by atoms with van der Waals surface area (Å²) in [5, 5.41) is 4.15. The fourth-order valence-electron chi connectivity index (χ4n) is 5.67. The van der Waals surface area contributed by atoms with Crippen LogP contribution in [0.25, 0.3) is 11.0 Å². The first kappa shape index (κ1) is 29.0. The van der Waals surface area contributed by atoms with Crippen LogP contribution in [0.4, 0.5) is 16.2 Å². The zero-order chi connectivity index (χ0) is 30.7. The maximum atomic E-state index is 13.6. The molecular formula is C30H33N5O6S2. The third-order valence-corrected chi connectivity index (χ3v) is 10.4. The lowest BCUT2D eigenvalue weighted by atomic mass is 10.1. The van der Waals surface area contributed by atoms with E-state index in [1.165, 1.54) is 10.2 Å². The highest BCUT2D eigenvalue weighted by Gasteiger charge is 2.42. The van der Waals surface area contributed by atoms with Crippen LogP contribution in [-0.2, 0) is 24.6 Å². The summed E-state index contributed by atoms with van der Waals surface area (Å²) < 4.78 is 58.2. The molecular weight excluding hydrogens is 590 g/mol. The molecule has 0 saturated carbocycles. The minimum absolute atomic E-state index is 0.150. The van der Waals surface area contributed by atoms with E-state index in [-0.39, 0.29) is 21.5 Å². The topological polar surface area (TPSA) is 131 Å². The van der Waals surface area contributed by atoms with E-state index in [1.54, 1.807) is 71.8 Å². The van der Waals surface area contributed by atoms with Crippen molar-refractivity contribution in [3.8, 4) is 0 Å². The zero-order valence-electron chi connectivity index (χ0n) is 24.3. The average Bonchev–Trinajstić information content (AvgIpc) is 3.68. The summed E-state index contributed by atoms with van der Waals surface area (Å²) in [7, 11) is -7.29. The molecule has 2 unspecified atom stereocenters. The molecule has 0 spiro atoms. The number of hydrogen-bond donors (Lipinski definition) is 1. The first-order chi connectivity index (χ1) is 20.2. The number of sulfone groups is 1. The molecule has 0 bridgehead atoms. The van der Waals surface area contributed by atoms with Gasteiger partial charge in [-0.05, 0) is 63.1 Å². The van der Waals surface area contributed by atoms with Gasteiger partial charge in [0, 0.05) is 30.9 Å². The Kier molecular flexibility index (Phi) is 6.92. The van der Waals surface area contributed by atoms with Crippen molar-refractivity contribution in [1.82, 2.24) is 13.9 Å². The Morgan fingerprint density at radius 3 is 2.33 bits per heavy atom. The van der Waals surface area contributed by atoms with Crippen molar-refractivity contribution < 1.29 is 26.4 Å². The van der Waals surface area contributed by atoms with Gasteiger partial charge in [0.1, 0.15) is 11.8 Å². The van der Waals surface area contributed by atoms with Gasteiger partial charge >= 0.3 is 6.09 Å². The Morgan fingerprint density at radius 2 is 1.67 bits per heavy atom. The van der Waals surface area contributed by atoms with Gasteiger partial charge in [0.05, 0.1) is 33.4 Å².